The summed E-state index contributed by atoms with van der Waals surface area (Å²) in [5.74, 6) is 2.26. The van der Waals surface area contributed by atoms with Crippen LogP contribution in [0.5, 0.6) is 5.75 Å². The van der Waals surface area contributed by atoms with E-state index in [2.05, 4.69) is 36.4 Å². The fraction of sp³-hybridized carbons (Fsp3) is 0.394. The molecule has 5 heteroatoms. The van der Waals surface area contributed by atoms with Gasteiger partial charge in [-0.15, -0.1) is 0 Å². The van der Waals surface area contributed by atoms with Gasteiger partial charge in [0.25, 0.3) is 11.8 Å². The number of rotatable bonds is 6. The van der Waals surface area contributed by atoms with Crippen LogP contribution in [0.3, 0.4) is 0 Å². The molecule has 1 aliphatic carbocycles. The Bertz CT molecular complexity index is 1300. The summed E-state index contributed by atoms with van der Waals surface area (Å²) in [7, 11) is 0. The molecule has 3 aromatic carbocycles. The van der Waals surface area contributed by atoms with Crippen LogP contribution < -0.4 is 4.74 Å². The van der Waals surface area contributed by atoms with Crippen LogP contribution in [0.2, 0.25) is 0 Å². The normalized spacial score (nSPS) is 18.2. The average Bonchev–Trinajstić information content (AvgIpc) is 2.98. The standard InChI is InChI=1S/C33H36N2O3/c1-2-31(38-26-8-4-3-5-9-26)33(37)35-20-16-24(17-21-35)23-14-18-34(19-15-23)32(36)25-12-13-29-27-10-6-7-11-28(27)30(29)22-25/h3-13,22-24,31H,2,14-21H2,1H3. The minimum absolute atomic E-state index is 0.108. The number of nitrogens with zero attached hydrogens (tertiary/aromatic N) is 2. The molecule has 0 N–H and O–H groups in total. The van der Waals surface area contributed by atoms with Gasteiger partial charge in [-0.3, -0.25) is 9.59 Å². The van der Waals surface area contributed by atoms with Gasteiger partial charge in [0.15, 0.2) is 6.10 Å². The molecule has 0 spiro atoms. The molecule has 0 saturated carbocycles. The van der Waals surface area contributed by atoms with Gasteiger partial charge in [0.2, 0.25) is 0 Å². The van der Waals surface area contributed by atoms with Gasteiger partial charge in [-0.1, -0.05) is 55.5 Å². The smallest absolute Gasteiger partial charge is 0.263 e. The molecule has 0 aromatic heterocycles. The van der Waals surface area contributed by atoms with Gasteiger partial charge < -0.3 is 14.5 Å². The first-order chi connectivity index (χ1) is 18.6. The van der Waals surface area contributed by atoms with Crippen LogP contribution in [-0.2, 0) is 4.79 Å². The summed E-state index contributed by atoms with van der Waals surface area (Å²) in [6.45, 7) is 5.24. The largest absolute Gasteiger partial charge is 0.481 e. The highest BCUT2D eigenvalue weighted by Gasteiger charge is 2.34. The number of benzene rings is 3. The second-order valence-electron chi connectivity index (χ2n) is 10.9. The third-order valence-corrected chi connectivity index (χ3v) is 8.79. The van der Waals surface area contributed by atoms with Crippen molar-refractivity contribution in [1.82, 2.24) is 9.80 Å². The Labute approximate surface area is 225 Å². The van der Waals surface area contributed by atoms with Gasteiger partial charge in [0.1, 0.15) is 5.75 Å². The topological polar surface area (TPSA) is 49.9 Å². The predicted octanol–water partition coefficient (Wildman–Crippen LogP) is 6.28. The first-order valence-electron chi connectivity index (χ1n) is 14.2. The molecule has 2 heterocycles. The van der Waals surface area contributed by atoms with Crippen LogP contribution in [-0.4, -0.2) is 53.9 Å². The molecule has 196 valence electrons. The number of likely N-dealkylation sites (tertiary alicyclic amines) is 2. The molecular formula is C33H36N2O3. The number of ether oxygens (including phenoxy) is 1. The van der Waals surface area contributed by atoms with E-state index in [0.717, 1.165) is 63.2 Å². The van der Waals surface area contributed by atoms with Crippen LogP contribution in [0.1, 0.15) is 49.4 Å². The summed E-state index contributed by atoms with van der Waals surface area (Å²) in [5.41, 5.74) is 5.77. The van der Waals surface area contributed by atoms with Gasteiger partial charge in [0, 0.05) is 31.7 Å². The quantitative estimate of drug-likeness (QED) is 0.308. The molecule has 3 aromatic rings. The van der Waals surface area contributed by atoms with Crippen LogP contribution in [0.4, 0.5) is 0 Å². The zero-order valence-electron chi connectivity index (χ0n) is 22.1. The Morgan fingerprint density at radius 2 is 1.29 bits per heavy atom. The molecule has 1 atom stereocenters. The van der Waals surface area contributed by atoms with Crippen molar-refractivity contribution < 1.29 is 14.3 Å². The number of para-hydroxylation sites is 1. The van der Waals surface area contributed by atoms with Crippen LogP contribution in [0.15, 0.2) is 72.8 Å². The van der Waals surface area contributed by atoms with Gasteiger partial charge in [-0.25, -0.2) is 0 Å². The van der Waals surface area contributed by atoms with E-state index in [1.54, 1.807) is 0 Å². The number of hydrogen-bond acceptors (Lipinski definition) is 3. The fourth-order valence-corrected chi connectivity index (χ4v) is 6.55. The van der Waals surface area contributed by atoms with Crippen molar-refractivity contribution in [3.63, 3.8) is 0 Å². The van der Waals surface area contributed by atoms with Crippen molar-refractivity contribution in [1.29, 1.82) is 0 Å². The lowest BCUT2D eigenvalue weighted by Gasteiger charge is -2.40. The molecular weight excluding hydrogens is 472 g/mol. The van der Waals surface area contributed by atoms with E-state index in [0.29, 0.717) is 18.3 Å². The minimum atomic E-state index is -0.424. The van der Waals surface area contributed by atoms with E-state index in [4.69, 9.17) is 4.74 Å². The van der Waals surface area contributed by atoms with Crippen molar-refractivity contribution in [3.8, 4) is 28.0 Å². The molecule has 2 saturated heterocycles. The number of fused-ring (bicyclic) bond motifs is 4. The Morgan fingerprint density at radius 3 is 1.92 bits per heavy atom. The average molecular weight is 509 g/mol. The summed E-state index contributed by atoms with van der Waals surface area (Å²) in [6, 6.07) is 24.2. The lowest BCUT2D eigenvalue weighted by molar-refractivity contribution is -0.140. The lowest BCUT2D eigenvalue weighted by atomic mass is 9.78. The Kier molecular flexibility index (Phi) is 6.92. The third kappa shape index (κ3) is 4.70. The molecule has 2 aliphatic heterocycles. The molecule has 2 amide bonds. The fourth-order valence-electron chi connectivity index (χ4n) is 6.55. The van der Waals surface area contributed by atoms with Crippen molar-refractivity contribution in [2.75, 3.05) is 26.2 Å². The van der Waals surface area contributed by atoms with Crippen molar-refractivity contribution in [2.24, 2.45) is 11.8 Å². The number of amides is 2. The molecule has 2 fully saturated rings. The second-order valence-corrected chi connectivity index (χ2v) is 10.9. The Hall–Kier alpha value is -3.60. The summed E-state index contributed by atoms with van der Waals surface area (Å²) in [6.07, 6.45) is 4.41. The SMILES string of the molecule is CCC(Oc1ccccc1)C(=O)N1CCC(C2CCN(C(=O)c3ccc4c(c3)-c3ccccc3-4)CC2)CC1. The molecule has 6 rings (SSSR count). The summed E-state index contributed by atoms with van der Waals surface area (Å²) < 4.78 is 6.00. The second kappa shape index (κ2) is 10.6. The first kappa shape index (κ1) is 24.7. The molecule has 3 aliphatic rings. The van der Waals surface area contributed by atoms with Gasteiger partial charge in [-0.2, -0.15) is 0 Å². The van der Waals surface area contributed by atoms with Crippen molar-refractivity contribution >= 4 is 11.8 Å². The van der Waals surface area contributed by atoms with E-state index in [1.165, 1.54) is 22.3 Å². The van der Waals surface area contributed by atoms with Crippen LogP contribution in [0, 0.1) is 11.8 Å². The maximum absolute atomic E-state index is 13.3. The molecule has 1 unspecified atom stereocenters. The number of piperidine rings is 2. The maximum Gasteiger partial charge on any atom is 0.263 e. The van der Waals surface area contributed by atoms with E-state index in [9.17, 15) is 9.59 Å². The third-order valence-electron chi connectivity index (χ3n) is 8.79. The zero-order chi connectivity index (χ0) is 26.1. The minimum Gasteiger partial charge on any atom is -0.481 e. The van der Waals surface area contributed by atoms with Crippen molar-refractivity contribution in [3.05, 3.63) is 78.4 Å². The van der Waals surface area contributed by atoms with Crippen LogP contribution in [0.25, 0.3) is 22.3 Å². The molecule has 5 nitrogen and oxygen atoms in total. The van der Waals surface area contributed by atoms with Gasteiger partial charge >= 0.3 is 0 Å². The lowest BCUT2D eigenvalue weighted by Crippen LogP contribution is -2.47. The summed E-state index contributed by atoms with van der Waals surface area (Å²) in [5, 5.41) is 0. The molecule has 0 radical (unpaired) electrons. The van der Waals surface area contributed by atoms with E-state index in [1.807, 2.05) is 53.1 Å². The summed E-state index contributed by atoms with van der Waals surface area (Å²) in [4.78, 5) is 30.5. The number of hydrogen-bond donors (Lipinski definition) is 0. The number of carbonyl (C=O) groups is 2. The predicted molar refractivity (Wildman–Crippen MR) is 150 cm³/mol. The van der Waals surface area contributed by atoms with Gasteiger partial charge in [-0.05, 0) is 90.5 Å². The van der Waals surface area contributed by atoms with Crippen LogP contribution >= 0.6 is 0 Å². The molecule has 38 heavy (non-hydrogen) atoms. The zero-order valence-corrected chi connectivity index (χ0v) is 22.1. The summed E-state index contributed by atoms with van der Waals surface area (Å²) >= 11 is 0. The van der Waals surface area contributed by atoms with E-state index in [-0.39, 0.29) is 11.8 Å². The highest BCUT2D eigenvalue weighted by molar-refractivity contribution is 6.05. The number of carbonyl (C=O) groups excluding carboxylic acids is 2. The molecule has 0 bridgehead atoms. The maximum atomic E-state index is 13.3. The monoisotopic (exact) mass is 508 g/mol. The van der Waals surface area contributed by atoms with E-state index >= 15 is 0 Å². The van der Waals surface area contributed by atoms with Gasteiger partial charge in [0.05, 0.1) is 0 Å². The Balaban J connectivity index is 0.992. The highest BCUT2D eigenvalue weighted by atomic mass is 16.5. The van der Waals surface area contributed by atoms with E-state index < -0.39 is 6.10 Å². The first-order valence-corrected chi connectivity index (χ1v) is 14.2. The highest BCUT2D eigenvalue weighted by Crippen LogP contribution is 2.47. The van der Waals surface area contributed by atoms with Crippen molar-refractivity contribution in [2.45, 2.75) is 45.1 Å². The Morgan fingerprint density at radius 1 is 0.737 bits per heavy atom.